The van der Waals surface area contributed by atoms with Crippen LogP contribution in [0.4, 0.5) is 10.6 Å². The fraction of sp³-hybridized carbons (Fsp3) is 0.429. The molecule has 1 N–H and O–H groups in total. The highest BCUT2D eigenvalue weighted by atomic mass is 16.5. The molecule has 0 fully saturated rings. The van der Waals surface area contributed by atoms with Gasteiger partial charge in [0.2, 0.25) is 0 Å². The van der Waals surface area contributed by atoms with Gasteiger partial charge >= 0.3 is 6.09 Å². The van der Waals surface area contributed by atoms with E-state index in [0.717, 1.165) is 12.2 Å². The largest absolute Gasteiger partial charge is 0.453 e. The number of anilines is 1. The molecule has 12 heavy (non-hydrogen) atoms. The summed E-state index contributed by atoms with van der Waals surface area (Å²) in [6.07, 6.45) is 0.196. The van der Waals surface area contributed by atoms with E-state index in [9.17, 15) is 4.79 Å². The normalized spacial score (nSPS) is 9.50. The van der Waals surface area contributed by atoms with Crippen molar-refractivity contribution in [2.45, 2.75) is 13.3 Å². The molecule has 0 saturated carbocycles. The van der Waals surface area contributed by atoms with E-state index in [2.05, 4.69) is 15.2 Å². The zero-order chi connectivity index (χ0) is 8.97. The number of hydrogen-bond donors (Lipinski definition) is 1. The monoisotopic (exact) mass is 170 g/mol. The van der Waals surface area contributed by atoms with Crippen LogP contribution in [0.5, 0.6) is 0 Å². The maximum absolute atomic E-state index is 10.7. The molecule has 0 unspecified atom stereocenters. The molecule has 0 aliphatic heterocycles. The lowest BCUT2D eigenvalue weighted by molar-refractivity contribution is 0.186. The van der Waals surface area contributed by atoms with E-state index in [4.69, 9.17) is 4.52 Å². The topological polar surface area (TPSA) is 64.4 Å². The van der Waals surface area contributed by atoms with Crippen LogP contribution >= 0.6 is 0 Å². The molecule has 0 saturated heterocycles. The number of carbonyl (C=O) groups excluding carboxylic acids is 1. The molecule has 1 rings (SSSR count). The van der Waals surface area contributed by atoms with Crippen LogP contribution in [0, 0.1) is 0 Å². The SMILES string of the molecule is CCc1cc(NC(=O)OC)no1. The van der Waals surface area contributed by atoms with Crippen LogP contribution < -0.4 is 5.32 Å². The summed E-state index contributed by atoms with van der Waals surface area (Å²) < 4.78 is 9.20. The van der Waals surface area contributed by atoms with E-state index in [0.29, 0.717) is 5.82 Å². The van der Waals surface area contributed by atoms with E-state index in [1.807, 2.05) is 6.92 Å². The number of amides is 1. The Morgan fingerprint density at radius 1 is 1.83 bits per heavy atom. The van der Waals surface area contributed by atoms with Crippen LogP contribution in [-0.4, -0.2) is 18.4 Å². The minimum absolute atomic E-state index is 0.374. The molecule has 0 aliphatic rings. The summed E-state index contributed by atoms with van der Waals surface area (Å²) >= 11 is 0. The van der Waals surface area contributed by atoms with Crippen molar-refractivity contribution < 1.29 is 14.1 Å². The zero-order valence-electron chi connectivity index (χ0n) is 6.96. The summed E-state index contributed by atoms with van der Waals surface area (Å²) in [7, 11) is 1.29. The highest BCUT2D eigenvalue weighted by Gasteiger charge is 2.05. The Kier molecular flexibility index (Phi) is 2.68. The van der Waals surface area contributed by atoms with Gasteiger partial charge in [-0.3, -0.25) is 5.32 Å². The lowest BCUT2D eigenvalue weighted by Gasteiger charge is -1.95. The van der Waals surface area contributed by atoms with Gasteiger partial charge in [-0.15, -0.1) is 0 Å². The Balaban J connectivity index is 2.58. The molecule has 1 heterocycles. The minimum Gasteiger partial charge on any atom is -0.453 e. The molecule has 5 nitrogen and oxygen atoms in total. The second-order valence-corrected chi connectivity index (χ2v) is 2.15. The highest BCUT2D eigenvalue weighted by molar-refractivity contribution is 5.82. The third-order valence-electron chi connectivity index (χ3n) is 1.32. The van der Waals surface area contributed by atoms with Crippen LogP contribution in [0.15, 0.2) is 10.6 Å². The molecule has 1 amide bonds. The fourth-order valence-corrected chi connectivity index (χ4v) is 0.694. The molecule has 0 bridgehead atoms. The standard InChI is InChI=1S/C7H10N2O3/c1-3-5-4-6(9-12-5)8-7(10)11-2/h4H,3H2,1-2H3,(H,8,9,10). The van der Waals surface area contributed by atoms with Gasteiger partial charge < -0.3 is 9.26 Å². The van der Waals surface area contributed by atoms with Gasteiger partial charge in [0.25, 0.3) is 0 Å². The molecule has 0 spiro atoms. The van der Waals surface area contributed by atoms with Crippen LogP contribution in [0.2, 0.25) is 0 Å². The van der Waals surface area contributed by atoms with Gasteiger partial charge in [-0.1, -0.05) is 12.1 Å². The van der Waals surface area contributed by atoms with Crippen LogP contribution in [0.1, 0.15) is 12.7 Å². The van der Waals surface area contributed by atoms with Crippen molar-refractivity contribution in [1.29, 1.82) is 0 Å². The minimum atomic E-state index is -0.550. The summed E-state index contributed by atoms with van der Waals surface area (Å²) in [5.74, 6) is 1.10. The number of methoxy groups -OCH3 is 1. The van der Waals surface area contributed by atoms with E-state index >= 15 is 0 Å². The fourth-order valence-electron chi connectivity index (χ4n) is 0.694. The van der Waals surface area contributed by atoms with Crippen molar-refractivity contribution >= 4 is 11.9 Å². The number of rotatable bonds is 2. The van der Waals surface area contributed by atoms with Crippen LogP contribution in [-0.2, 0) is 11.2 Å². The lowest BCUT2D eigenvalue weighted by Crippen LogP contribution is -2.10. The maximum atomic E-state index is 10.7. The Labute approximate surface area is 69.7 Å². The third-order valence-corrected chi connectivity index (χ3v) is 1.32. The van der Waals surface area contributed by atoms with Gasteiger partial charge in [0.15, 0.2) is 5.82 Å². The lowest BCUT2D eigenvalue weighted by atomic mass is 10.4. The first kappa shape index (κ1) is 8.58. The Bertz CT molecular complexity index is 269. The molecule has 1 aromatic heterocycles. The van der Waals surface area contributed by atoms with Gasteiger partial charge in [-0.25, -0.2) is 4.79 Å². The van der Waals surface area contributed by atoms with Crippen molar-refractivity contribution in [1.82, 2.24) is 5.16 Å². The van der Waals surface area contributed by atoms with E-state index in [1.165, 1.54) is 7.11 Å². The maximum Gasteiger partial charge on any atom is 0.412 e. The molecule has 0 atom stereocenters. The van der Waals surface area contributed by atoms with E-state index in [-0.39, 0.29) is 0 Å². The summed E-state index contributed by atoms with van der Waals surface area (Å²) in [5, 5.41) is 5.97. The van der Waals surface area contributed by atoms with Gasteiger partial charge in [-0.05, 0) is 0 Å². The summed E-state index contributed by atoms with van der Waals surface area (Å²) in [6, 6.07) is 1.65. The highest BCUT2D eigenvalue weighted by Crippen LogP contribution is 2.08. The van der Waals surface area contributed by atoms with E-state index < -0.39 is 6.09 Å². The third kappa shape index (κ3) is 1.98. The quantitative estimate of drug-likeness (QED) is 0.728. The average Bonchev–Trinajstić information content (AvgIpc) is 2.52. The predicted octanol–water partition coefficient (Wildman–Crippen LogP) is 1.42. The molecule has 0 aliphatic carbocycles. The Morgan fingerprint density at radius 2 is 2.58 bits per heavy atom. The summed E-state index contributed by atoms with van der Waals surface area (Å²) in [6.45, 7) is 1.93. The average molecular weight is 170 g/mol. The van der Waals surface area contributed by atoms with Crippen molar-refractivity contribution in [3.05, 3.63) is 11.8 Å². The zero-order valence-corrected chi connectivity index (χ0v) is 6.96. The number of hydrogen-bond acceptors (Lipinski definition) is 4. The Hall–Kier alpha value is -1.52. The van der Waals surface area contributed by atoms with Gasteiger partial charge in [0.1, 0.15) is 5.76 Å². The smallest absolute Gasteiger partial charge is 0.412 e. The first-order valence-electron chi connectivity index (χ1n) is 3.56. The molecule has 5 heteroatoms. The van der Waals surface area contributed by atoms with Gasteiger partial charge in [0, 0.05) is 12.5 Å². The van der Waals surface area contributed by atoms with Crippen LogP contribution in [0.25, 0.3) is 0 Å². The number of ether oxygens (including phenoxy) is 1. The second-order valence-electron chi connectivity index (χ2n) is 2.15. The Morgan fingerprint density at radius 3 is 3.08 bits per heavy atom. The second kappa shape index (κ2) is 3.75. The molecule has 0 aromatic carbocycles. The van der Waals surface area contributed by atoms with Gasteiger partial charge in [0.05, 0.1) is 7.11 Å². The van der Waals surface area contributed by atoms with Gasteiger partial charge in [-0.2, -0.15) is 0 Å². The number of aromatic nitrogens is 1. The van der Waals surface area contributed by atoms with Crippen molar-refractivity contribution in [3.63, 3.8) is 0 Å². The number of nitrogens with one attached hydrogen (secondary N) is 1. The summed E-state index contributed by atoms with van der Waals surface area (Å²) in [4.78, 5) is 10.7. The first-order valence-corrected chi connectivity index (χ1v) is 3.56. The van der Waals surface area contributed by atoms with Crippen molar-refractivity contribution in [2.24, 2.45) is 0 Å². The molecular formula is C7H10N2O3. The number of carbonyl (C=O) groups is 1. The molecular weight excluding hydrogens is 160 g/mol. The molecule has 1 aromatic rings. The first-order chi connectivity index (χ1) is 5.76. The number of aryl methyl sites for hydroxylation is 1. The van der Waals surface area contributed by atoms with Crippen molar-refractivity contribution in [2.75, 3.05) is 12.4 Å². The number of nitrogens with zero attached hydrogens (tertiary/aromatic N) is 1. The van der Waals surface area contributed by atoms with Crippen LogP contribution in [0.3, 0.4) is 0 Å². The van der Waals surface area contributed by atoms with E-state index in [1.54, 1.807) is 6.07 Å². The predicted molar refractivity (Wildman–Crippen MR) is 41.9 cm³/mol. The summed E-state index contributed by atoms with van der Waals surface area (Å²) in [5.41, 5.74) is 0. The molecule has 66 valence electrons. The molecule has 0 radical (unpaired) electrons. The van der Waals surface area contributed by atoms with Crippen molar-refractivity contribution in [3.8, 4) is 0 Å².